The van der Waals surface area contributed by atoms with Crippen LogP contribution in [0.3, 0.4) is 0 Å². The first-order valence-corrected chi connectivity index (χ1v) is 3.81. The minimum atomic E-state index is 0.185. The van der Waals surface area contributed by atoms with E-state index < -0.39 is 0 Å². The van der Waals surface area contributed by atoms with Gasteiger partial charge in [0.15, 0.2) is 0 Å². The first-order chi connectivity index (χ1) is 4.79. The molecular formula is C7H14N2O. The summed E-state index contributed by atoms with van der Waals surface area (Å²) in [6.07, 6.45) is 0. The van der Waals surface area contributed by atoms with E-state index in [4.69, 9.17) is 0 Å². The van der Waals surface area contributed by atoms with E-state index in [0.717, 1.165) is 19.6 Å². The lowest BCUT2D eigenvalue weighted by Crippen LogP contribution is -2.29. The maximum Gasteiger partial charge on any atom is 0.238 e. The van der Waals surface area contributed by atoms with E-state index in [1.807, 2.05) is 6.92 Å². The first-order valence-electron chi connectivity index (χ1n) is 3.81. The molecule has 10 heavy (non-hydrogen) atoms. The molecule has 2 unspecified atom stereocenters. The summed E-state index contributed by atoms with van der Waals surface area (Å²) in [6.45, 7) is 6.69. The maximum absolute atomic E-state index is 11.0. The molecule has 1 amide bonds. The molecule has 1 fully saturated rings. The van der Waals surface area contributed by atoms with Gasteiger partial charge in [-0.15, -0.1) is 0 Å². The van der Waals surface area contributed by atoms with Gasteiger partial charge in [-0.2, -0.15) is 0 Å². The van der Waals surface area contributed by atoms with Gasteiger partial charge in [-0.05, 0) is 13.5 Å². The molecule has 1 aliphatic heterocycles. The van der Waals surface area contributed by atoms with Crippen LogP contribution in [0.2, 0.25) is 0 Å². The number of hydrogen-bond acceptors (Lipinski definition) is 2. The predicted octanol–water partition coefficient (Wildman–Crippen LogP) is -0.173. The van der Waals surface area contributed by atoms with Crippen LogP contribution in [0.4, 0.5) is 0 Å². The van der Waals surface area contributed by atoms with Gasteiger partial charge in [0.1, 0.15) is 6.04 Å². The number of carbonyl (C=O) groups excluding carboxylic acids is 1. The van der Waals surface area contributed by atoms with Crippen LogP contribution >= 0.6 is 0 Å². The normalized spacial score (nSPS) is 29.8. The molecule has 3 nitrogen and oxygen atoms in total. The highest BCUT2D eigenvalue weighted by molar-refractivity contribution is 5.84. The van der Waals surface area contributed by atoms with Crippen LogP contribution in [-0.2, 0) is 4.79 Å². The number of amides is 1. The van der Waals surface area contributed by atoms with Crippen molar-refractivity contribution in [1.29, 1.82) is 0 Å². The lowest BCUT2D eigenvalue weighted by molar-refractivity contribution is -0.121. The number of nitrogens with zero attached hydrogens (tertiary/aromatic N) is 1. The topological polar surface area (TPSA) is 32.1 Å². The summed E-state index contributed by atoms with van der Waals surface area (Å²) in [5.74, 6) is 0.185. The van der Waals surface area contributed by atoms with Crippen LogP contribution < -0.4 is 5.32 Å². The van der Waals surface area contributed by atoms with E-state index in [9.17, 15) is 4.79 Å². The summed E-state index contributed by atoms with van der Waals surface area (Å²) < 4.78 is 0. The van der Waals surface area contributed by atoms with Gasteiger partial charge in [0.25, 0.3) is 0 Å². The minimum Gasteiger partial charge on any atom is -0.355 e. The SMILES string of the molecule is CCNC(=O)C1CN1CC. The fourth-order valence-electron chi connectivity index (χ4n) is 1.07. The molecule has 3 heteroatoms. The Morgan fingerprint density at radius 1 is 1.70 bits per heavy atom. The number of nitrogens with one attached hydrogen (secondary N) is 1. The Balaban J connectivity index is 2.19. The van der Waals surface area contributed by atoms with Crippen molar-refractivity contribution in [2.24, 2.45) is 0 Å². The van der Waals surface area contributed by atoms with Gasteiger partial charge in [0.05, 0.1) is 0 Å². The van der Waals surface area contributed by atoms with Gasteiger partial charge in [0.2, 0.25) is 5.91 Å². The molecule has 2 atom stereocenters. The van der Waals surface area contributed by atoms with Crippen LogP contribution in [0.5, 0.6) is 0 Å². The molecule has 0 aromatic heterocycles. The number of likely N-dealkylation sites (N-methyl/N-ethyl adjacent to an activating group) is 2. The average molecular weight is 142 g/mol. The summed E-state index contributed by atoms with van der Waals surface area (Å²) in [6, 6.07) is 0.185. The van der Waals surface area contributed by atoms with E-state index in [0.29, 0.717) is 0 Å². The highest BCUT2D eigenvalue weighted by atomic mass is 16.2. The smallest absolute Gasteiger partial charge is 0.238 e. The molecule has 0 saturated carbocycles. The summed E-state index contributed by atoms with van der Waals surface area (Å²) in [5, 5.41) is 2.79. The molecule has 0 radical (unpaired) electrons. The van der Waals surface area contributed by atoms with Crippen molar-refractivity contribution in [1.82, 2.24) is 10.2 Å². The van der Waals surface area contributed by atoms with Gasteiger partial charge in [0, 0.05) is 13.1 Å². The zero-order valence-corrected chi connectivity index (χ0v) is 6.55. The van der Waals surface area contributed by atoms with Crippen LogP contribution in [-0.4, -0.2) is 36.5 Å². The quantitative estimate of drug-likeness (QED) is 0.555. The number of hydrogen-bond donors (Lipinski definition) is 1. The highest BCUT2D eigenvalue weighted by Gasteiger charge is 2.38. The molecular weight excluding hydrogens is 128 g/mol. The molecule has 0 aliphatic carbocycles. The monoisotopic (exact) mass is 142 g/mol. The van der Waals surface area contributed by atoms with E-state index in [1.165, 1.54) is 0 Å². The Hall–Kier alpha value is -0.570. The average Bonchev–Trinajstić information content (AvgIpc) is 2.66. The zero-order chi connectivity index (χ0) is 7.56. The van der Waals surface area contributed by atoms with Crippen molar-refractivity contribution >= 4 is 5.91 Å². The molecule has 0 aromatic rings. The van der Waals surface area contributed by atoms with E-state index in [2.05, 4.69) is 17.1 Å². The van der Waals surface area contributed by atoms with Crippen molar-refractivity contribution < 1.29 is 4.79 Å². The summed E-state index contributed by atoms with van der Waals surface area (Å²) >= 11 is 0. The van der Waals surface area contributed by atoms with E-state index in [-0.39, 0.29) is 11.9 Å². The van der Waals surface area contributed by atoms with Crippen LogP contribution in [0, 0.1) is 0 Å². The maximum atomic E-state index is 11.0. The molecule has 58 valence electrons. The fraction of sp³-hybridized carbons (Fsp3) is 0.857. The van der Waals surface area contributed by atoms with Crippen molar-refractivity contribution in [3.8, 4) is 0 Å². The molecule has 1 N–H and O–H groups in total. The van der Waals surface area contributed by atoms with Crippen LogP contribution in [0.1, 0.15) is 13.8 Å². The van der Waals surface area contributed by atoms with Crippen LogP contribution in [0.15, 0.2) is 0 Å². The second-order valence-electron chi connectivity index (χ2n) is 2.50. The Morgan fingerprint density at radius 2 is 2.40 bits per heavy atom. The largest absolute Gasteiger partial charge is 0.355 e. The van der Waals surface area contributed by atoms with Gasteiger partial charge in [-0.3, -0.25) is 9.69 Å². The summed E-state index contributed by atoms with van der Waals surface area (Å²) in [4.78, 5) is 13.2. The van der Waals surface area contributed by atoms with Crippen molar-refractivity contribution in [2.75, 3.05) is 19.6 Å². The molecule has 1 aliphatic rings. The Bertz CT molecular complexity index is 136. The van der Waals surface area contributed by atoms with Crippen LogP contribution in [0.25, 0.3) is 0 Å². The number of carbonyl (C=O) groups is 1. The molecule has 0 spiro atoms. The second-order valence-corrected chi connectivity index (χ2v) is 2.50. The van der Waals surface area contributed by atoms with E-state index >= 15 is 0 Å². The molecule has 1 saturated heterocycles. The standard InChI is InChI=1S/C7H14N2O/c1-3-8-7(10)6-5-9(6)4-2/h6H,3-5H2,1-2H3,(H,8,10). The fourth-order valence-corrected chi connectivity index (χ4v) is 1.07. The number of rotatable bonds is 3. The summed E-state index contributed by atoms with van der Waals surface area (Å²) in [7, 11) is 0. The Kier molecular flexibility index (Phi) is 2.27. The van der Waals surface area contributed by atoms with Gasteiger partial charge >= 0.3 is 0 Å². The van der Waals surface area contributed by atoms with Crippen molar-refractivity contribution in [3.05, 3.63) is 0 Å². The third kappa shape index (κ3) is 1.48. The van der Waals surface area contributed by atoms with E-state index in [1.54, 1.807) is 0 Å². The predicted molar refractivity (Wildman–Crippen MR) is 39.7 cm³/mol. The zero-order valence-electron chi connectivity index (χ0n) is 6.55. The Labute approximate surface area is 61.4 Å². The third-order valence-electron chi connectivity index (χ3n) is 1.77. The van der Waals surface area contributed by atoms with Gasteiger partial charge in [-0.25, -0.2) is 0 Å². The first kappa shape index (κ1) is 7.54. The lowest BCUT2D eigenvalue weighted by Gasteiger charge is -1.99. The lowest BCUT2D eigenvalue weighted by atomic mass is 10.4. The summed E-state index contributed by atoms with van der Waals surface area (Å²) in [5.41, 5.74) is 0. The second kappa shape index (κ2) is 3.01. The van der Waals surface area contributed by atoms with Crippen molar-refractivity contribution in [2.45, 2.75) is 19.9 Å². The Morgan fingerprint density at radius 3 is 2.80 bits per heavy atom. The van der Waals surface area contributed by atoms with Gasteiger partial charge in [-0.1, -0.05) is 6.92 Å². The molecule has 1 heterocycles. The molecule has 0 aromatic carbocycles. The molecule has 0 bridgehead atoms. The van der Waals surface area contributed by atoms with Crippen molar-refractivity contribution in [3.63, 3.8) is 0 Å². The van der Waals surface area contributed by atoms with Gasteiger partial charge < -0.3 is 5.32 Å². The minimum absolute atomic E-state index is 0.185. The molecule has 1 rings (SSSR count). The third-order valence-corrected chi connectivity index (χ3v) is 1.77. The highest BCUT2D eigenvalue weighted by Crippen LogP contribution is 2.15.